The maximum Gasteiger partial charge on any atom is 0.327 e. The van der Waals surface area contributed by atoms with Crippen LogP contribution in [0.2, 0.25) is 10.0 Å². The van der Waals surface area contributed by atoms with Gasteiger partial charge >= 0.3 is 6.03 Å². The van der Waals surface area contributed by atoms with Crippen molar-refractivity contribution in [3.63, 3.8) is 0 Å². The van der Waals surface area contributed by atoms with Crippen molar-refractivity contribution >= 4 is 63.8 Å². The Balaban J connectivity index is 1.80. The van der Waals surface area contributed by atoms with Crippen LogP contribution in [0.25, 0.3) is 0 Å². The Bertz CT molecular complexity index is 1320. The normalized spacial score (nSPS) is 11.6. The van der Waals surface area contributed by atoms with Crippen LogP contribution in [-0.4, -0.2) is 54.4 Å². The molecule has 3 rings (SSSR count). The number of aromatic nitrogens is 2. The van der Waals surface area contributed by atoms with Gasteiger partial charge in [0.25, 0.3) is 0 Å². The number of amides is 3. The molecule has 0 aliphatic heterocycles. The third-order valence-corrected chi connectivity index (χ3v) is 5.83. The lowest BCUT2D eigenvalue weighted by Gasteiger charge is -2.20. The zero-order valence-electron chi connectivity index (χ0n) is 21.0. The van der Waals surface area contributed by atoms with Crippen LogP contribution >= 0.6 is 23.2 Å². The van der Waals surface area contributed by atoms with Gasteiger partial charge in [0.2, 0.25) is 5.91 Å². The fraction of sp³-hybridized carbons (Fsp3) is 0.200. The van der Waals surface area contributed by atoms with E-state index in [1.807, 2.05) is 0 Å². The van der Waals surface area contributed by atoms with Crippen LogP contribution < -0.4 is 30.3 Å². The maximum absolute atomic E-state index is 13.0. The van der Waals surface area contributed by atoms with Gasteiger partial charge in [0.1, 0.15) is 39.5 Å². The summed E-state index contributed by atoms with van der Waals surface area (Å²) >= 11 is 12.7. The van der Waals surface area contributed by atoms with Crippen molar-refractivity contribution < 1.29 is 24.2 Å². The molecule has 13 heteroatoms. The second kappa shape index (κ2) is 13.0. The number of ether oxygens (including phenoxy) is 2. The van der Waals surface area contributed by atoms with Crippen LogP contribution in [0.3, 0.4) is 0 Å². The number of carbonyl (C=O) groups excluding carboxylic acids is 2. The highest BCUT2D eigenvalue weighted by atomic mass is 35.5. The Morgan fingerprint density at radius 1 is 1.03 bits per heavy atom. The summed E-state index contributed by atoms with van der Waals surface area (Å²) in [5.74, 6) is 0.739. The summed E-state index contributed by atoms with van der Waals surface area (Å²) in [5.41, 5.74) is 1.14. The van der Waals surface area contributed by atoms with E-state index in [4.69, 9.17) is 32.7 Å². The predicted molar refractivity (Wildman–Crippen MR) is 148 cm³/mol. The number of benzene rings is 2. The Morgan fingerprint density at radius 2 is 1.66 bits per heavy atom. The molecule has 0 bridgehead atoms. The fourth-order valence-electron chi connectivity index (χ4n) is 3.13. The second-order valence-corrected chi connectivity index (χ2v) is 8.55. The second-order valence-electron chi connectivity index (χ2n) is 7.79. The molecule has 1 heterocycles. The van der Waals surface area contributed by atoms with Gasteiger partial charge < -0.3 is 30.5 Å². The molecule has 200 valence electrons. The first kappa shape index (κ1) is 28.5. The van der Waals surface area contributed by atoms with Crippen LogP contribution in [0.1, 0.15) is 6.92 Å². The number of nitrogens with zero attached hydrogens (tertiary/aromatic N) is 3. The number of aliphatic hydroxyl groups is 1. The first-order valence-corrected chi connectivity index (χ1v) is 11.9. The van der Waals surface area contributed by atoms with Gasteiger partial charge in [0.15, 0.2) is 0 Å². The molecule has 2 aromatic carbocycles. The number of methoxy groups -OCH3 is 2. The monoisotopic (exact) mass is 560 g/mol. The summed E-state index contributed by atoms with van der Waals surface area (Å²) in [6.07, 6.45) is 3.14. The molecule has 0 saturated carbocycles. The summed E-state index contributed by atoms with van der Waals surface area (Å²) in [4.78, 5) is 34.8. The molecule has 4 N–H and O–H groups in total. The molecular weight excluding hydrogens is 535 g/mol. The van der Waals surface area contributed by atoms with Crippen molar-refractivity contribution in [2.24, 2.45) is 0 Å². The van der Waals surface area contributed by atoms with Crippen LogP contribution in [0.15, 0.2) is 54.9 Å². The number of nitrogens with one attached hydrogen (secondary N) is 3. The Labute approximate surface area is 229 Å². The zero-order valence-corrected chi connectivity index (χ0v) is 22.5. The largest absolute Gasteiger partial charge is 0.495 e. The van der Waals surface area contributed by atoms with E-state index < -0.39 is 18.0 Å². The van der Waals surface area contributed by atoms with E-state index in [1.165, 1.54) is 50.7 Å². The Kier molecular flexibility index (Phi) is 9.72. The number of para-hydroxylation sites is 2. The van der Waals surface area contributed by atoms with Gasteiger partial charge in [-0.15, -0.1) is 0 Å². The Morgan fingerprint density at radius 3 is 2.26 bits per heavy atom. The van der Waals surface area contributed by atoms with Crippen LogP contribution in [0.4, 0.5) is 33.5 Å². The Hall–Kier alpha value is -4.06. The quantitative estimate of drug-likeness (QED) is 0.265. The molecular formula is C25H26Cl2N6O5. The highest BCUT2D eigenvalue weighted by molar-refractivity contribution is 6.41. The fourth-order valence-corrected chi connectivity index (χ4v) is 3.72. The highest BCUT2D eigenvalue weighted by Crippen LogP contribution is 2.44. The van der Waals surface area contributed by atoms with Crippen molar-refractivity contribution in [3.8, 4) is 11.5 Å². The van der Waals surface area contributed by atoms with E-state index in [0.29, 0.717) is 17.2 Å². The summed E-state index contributed by atoms with van der Waals surface area (Å²) < 4.78 is 10.5. The molecule has 1 aromatic heterocycles. The number of hydrogen-bond acceptors (Lipinski definition) is 8. The zero-order chi connectivity index (χ0) is 27.8. The van der Waals surface area contributed by atoms with Crippen molar-refractivity contribution in [1.82, 2.24) is 9.97 Å². The SMILES string of the molecule is COc1cc(OC)c(Cl)c(NC(=O)N(C)c2cc(Nc3ccccc3NC(=O)C=C[C@H](C)O)ncn2)c1Cl. The molecule has 0 unspecified atom stereocenters. The van der Waals surface area contributed by atoms with Crippen molar-refractivity contribution in [2.75, 3.05) is 42.1 Å². The molecule has 0 fully saturated rings. The van der Waals surface area contributed by atoms with Gasteiger partial charge in [-0.1, -0.05) is 41.4 Å². The third kappa shape index (κ3) is 7.03. The van der Waals surface area contributed by atoms with E-state index in [-0.39, 0.29) is 33.0 Å². The average molecular weight is 561 g/mol. The van der Waals surface area contributed by atoms with Crippen LogP contribution in [0, 0.1) is 0 Å². The van der Waals surface area contributed by atoms with Crippen LogP contribution in [-0.2, 0) is 4.79 Å². The van der Waals surface area contributed by atoms with Crippen molar-refractivity contribution in [2.45, 2.75) is 13.0 Å². The van der Waals surface area contributed by atoms with Gasteiger partial charge in [-0.3, -0.25) is 9.69 Å². The minimum absolute atomic E-state index is 0.104. The molecule has 11 nitrogen and oxygen atoms in total. The minimum Gasteiger partial charge on any atom is -0.495 e. The average Bonchev–Trinajstić information content (AvgIpc) is 2.90. The van der Waals surface area contributed by atoms with Gasteiger partial charge in [0, 0.05) is 25.3 Å². The van der Waals surface area contributed by atoms with Crippen molar-refractivity contribution in [3.05, 3.63) is 64.9 Å². The summed E-state index contributed by atoms with van der Waals surface area (Å²) in [6.45, 7) is 1.54. The number of halogens is 2. The van der Waals surface area contributed by atoms with Gasteiger partial charge in [-0.2, -0.15) is 0 Å². The van der Waals surface area contributed by atoms with Gasteiger partial charge in [-0.05, 0) is 19.1 Å². The molecule has 0 aliphatic rings. The molecule has 0 radical (unpaired) electrons. The van der Waals surface area contributed by atoms with E-state index in [9.17, 15) is 14.7 Å². The first-order valence-electron chi connectivity index (χ1n) is 11.1. The smallest absolute Gasteiger partial charge is 0.327 e. The van der Waals surface area contributed by atoms with E-state index in [1.54, 1.807) is 37.3 Å². The topological polar surface area (TPSA) is 138 Å². The van der Waals surface area contributed by atoms with E-state index in [2.05, 4.69) is 25.9 Å². The van der Waals surface area contributed by atoms with E-state index >= 15 is 0 Å². The molecule has 38 heavy (non-hydrogen) atoms. The van der Waals surface area contributed by atoms with Gasteiger partial charge in [0.05, 0.1) is 37.4 Å². The summed E-state index contributed by atoms with van der Waals surface area (Å²) in [5, 5.41) is 18.0. The number of aliphatic hydroxyl groups excluding tert-OH is 1. The van der Waals surface area contributed by atoms with Crippen molar-refractivity contribution in [1.29, 1.82) is 0 Å². The molecule has 3 amide bonds. The molecule has 1 atom stereocenters. The highest BCUT2D eigenvalue weighted by Gasteiger charge is 2.22. The minimum atomic E-state index is -0.749. The predicted octanol–water partition coefficient (Wildman–Crippen LogP) is 5.09. The summed E-state index contributed by atoms with van der Waals surface area (Å²) in [6, 6.07) is 9.44. The number of rotatable bonds is 9. The molecule has 0 spiro atoms. The third-order valence-electron chi connectivity index (χ3n) is 5.08. The molecule has 0 saturated heterocycles. The molecule has 3 aromatic rings. The van der Waals surface area contributed by atoms with Crippen LogP contribution in [0.5, 0.6) is 11.5 Å². The molecule has 0 aliphatic carbocycles. The van der Waals surface area contributed by atoms with E-state index in [0.717, 1.165) is 0 Å². The summed E-state index contributed by atoms with van der Waals surface area (Å²) in [7, 11) is 4.36. The number of carbonyl (C=O) groups is 2. The standard InChI is InChI=1S/C25H26Cl2N6O5/c1-14(34)9-10-21(35)31-16-8-6-5-7-15(16)30-19-12-20(29-13-28-19)33(2)25(36)32-24-22(26)17(37-3)11-18(38-4)23(24)27/h5-14,34H,1-4H3,(H,31,35)(H,32,36)(H,28,29,30)/t14-/m0/s1. The maximum atomic E-state index is 13.0. The van der Waals surface area contributed by atoms with Gasteiger partial charge in [-0.25, -0.2) is 14.8 Å². The number of urea groups is 1. The lowest BCUT2D eigenvalue weighted by atomic mass is 10.2. The number of anilines is 5. The lowest BCUT2D eigenvalue weighted by molar-refractivity contribution is -0.112. The first-order chi connectivity index (χ1) is 18.1. The lowest BCUT2D eigenvalue weighted by Crippen LogP contribution is -2.32. The number of hydrogen-bond donors (Lipinski definition) is 4.